The molecule has 0 aliphatic heterocycles. The van der Waals surface area contributed by atoms with Crippen molar-refractivity contribution in [1.82, 2.24) is 0 Å². The zero-order valence-corrected chi connectivity index (χ0v) is 14.6. The average molecular weight is 429 g/mol. The van der Waals surface area contributed by atoms with Gasteiger partial charge < -0.3 is 14.9 Å². The summed E-state index contributed by atoms with van der Waals surface area (Å²) in [6, 6.07) is 7.57. The van der Waals surface area contributed by atoms with E-state index in [1.807, 2.05) is 0 Å². The van der Waals surface area contributed by atoms with E-state index in [4.69, 9.17) is 0 Å². The van der Waals surface area contributed by atoms with Crippen molar-refractivity contribution in [1.29, 1.82) is 0 Å². The number of aliphatic imine (C=N–C) groups is 1. The Labute approximate surface area is 143 Å². The molecular weight excluding hydrogens is 418 g/mol. The fourth-order valence-corrected chi connectivity index (χ4v) is 2.95. The third-order valence-corrected chi connectivity index (χ3v) is 3.86. The third-order valence-electron chi connectivity index (χ3n) is 2.80. The minimum Gasteiger partial charge on any atom is -0.506 e. The average Bonchev–Trinajstić information content (AvgIpc) is 2.50. The number of halogens is 2. The Balaban J connectivity index is 2.40. The quantitative estimate of drug-likeness (QED) is 0.568. The van der Waals surface area contributed by atoms with E-state index in [1.54, 1.807) is 12.1 Å². The van der Waals surface area contributed by atoms with Gasteiger partial charge in [0.25, 0.3) is 0 Å². The van der Waals surface area contributed by atoms with E-state index >= 15 is 0 Å². The molecule has 0 spiro atoms. The second-order valence-electron chi connectivity index (χ2n) is 4.28. The van der Waals surface area contributed by atoms with Crippen LogP contribution in [-0.4, -0.2) is 29.5 Å². The Hall–Kier alpha value is -1.86. The molecule has 7 heteroatoms. The lowest BCUT2D eigenvalue weighted by atomic mass is 10.2. The number of phenols is 2. The van der Waals surface area contributed by atoms with Crippen molar-refractivity contribution in [3.8, 4) is 11.5 Å². The molecule has 2 aromatic rings. The van der Waals surface area contributed by atoms with Gasteiger partial charge >= 0.3 is 5.97 Å². The van der Waals surface area contributed by atoms with Crippen molar-refractivity contribution < 1.29 is 19.7 Å². The van der Waals surface area contributed by atoms with E-state index in [0.717, 1.165) is 4.47 Å². The van der Waals surface area contributed by atoms with Gasteiger partial charge in [0.2, 0.25) is 0 Å². The number of hydrogen-bond donors (Lipinski definition) is 2. The molecule has 0 heterocycles. The number of rotatable bonds is 3. The van der Waals surface area contributed by atoms with Crippen molar-refractivity contribution in [3.05, 3.63) is 50.4 Å². The molecule has 0 saturated carbocycles. The second-order valence-corrected chi connectivity index (χ2v) is 6.05. The number of aromatic hydroxyl groups is 2. The molecule has 2 rings (SSSR count). The minimum atomic E-state index is -0.524. The van der Waals surface area contributed by atoms with E-state index in [9.17, 15) is 15.0 Å². The molecular formula is C15H11Br2NO4. The Morgan fingerprint density at radius 3 is 2.64 bits per heavy atom. The summed E-state index contributed by atoms with van der Waals surface area (Å²) >= 11 is 6.54. The summed E-state index contributed by atoms with van der Waals surface area (Å²) in [6.07, 6.45) is 1.39. The first kappa shape index (κ1) is 16.5. The van der Waals surface area contributed by atoms with Crippen LogP contribution in [-0.2, 0) is 4.74 Å². The lowest BCUT2D eigenvalue weighted by molar-refractivity contribution is 0.0601. The SMILES string of the molecule is COC(=O)c1ccc(O)c(N=Cc2cc(Br)cc(Br)c2O)c1. The van der Waals surface area contributed by atoms with Crippen molar-refractivity contribution in [3.63, 3.8) is 0 Å². The lowest BCUT2D eigenvalue weighted by Gasteiger charge is -2.04. The Morgan fingerprint density at radius 1 is 1.23 bits per heavy atom. The van der Waals surface area contributed by atoms with Crippen LogP contribution >= 0.6 is 31.9 Å². The molecule has 0 fully saturated rings. The summed E-state index contributed by atoms with van der Waals surface area (Å²) in [5.41, 5.74) is 0.912. The van der Waals surface area contributed by atoms with Crippen LogP contribution in [0.5, 0.6) is 11.5 Å². The minimum absolute atomic E-state index is 0.0237. The number of ether oxygens (including phenoxy) is 1. The van der Waals surface area contributed by atoms with Crippen molar-refractivity contribution >= 4 is 49.7 Å². The summed E-state index contributed by atoms with van der Waals surface area (Å²) in [5.74, 6) is -0.586. The van der Waals surface area contributed by atoms with E-state index in [2.05, 4.69) is 41.6 Å². The highest BCUT2D eigenvalue weighted by molar-refractivity contribution is 9.11. The maximum atomic E-state index is 11.5. The summed E-state index contributed by atoms with van der Waals surface area (Å²) in [5, 5.41) is 19.8. The van der Waals surface area contributed by atoms with Crippen molar-refractivity contribution in [2.45, 2.75) is 0 Å². The highest BCUT2D eigenvalue weighted by Gasteiger charge is 2.09. The van der Waals surface area contributed by atoms with E-state index in [-0.39, 0.29) is 22.7 Å². The predicted octanol–water partition coefficient (Wildman–Crippen LogP) is 4.16. The number of hydrogen-bond acceptors (Lipinski definition) is 5. The zero-order valence-electron chi connectivity index (χ0n) is 11.4. The highest BCUT2D eigenvalue weighted by atomic mass is 79.9. The number of esters is 1. The molecule has 0 saturated heterocycles. The van der Waals surface area contributed by atoms with Gasteiger partial charge in [-0.3, -0.25) is 4.99 Å². The van der Waals surface area contributed by atoms with E-state index in [1.165, 1.54) is 31.5 Å². The topological polar surface area (TPSA) is 79.1 Å². The molecule has 0 atom stereocenters. The molecule has 114 valence electrons. The molecule has 0 aliphatic carbocycles. The number of methoxy groups -OCH3 is 1. The molecule has 0 bridgehead atoms. The van der Waals surface area contributed by atoms with Crippen LogP contribution in [0.3, 0.4) is 0 Å². The van der Waals surface area contributed by atoms with Gasteiger partial charge in [-0.1, -0.05) is 15.9 Å². The van der Waals surface area contributed by atoms with Crippen LogP contribution in [0.15, 0.2) is 44.3 Å². The zero-order chi connectivity index (χ0) is 16.3. The molecule has 22 heavy (non-hydrogen) atoms. The van der Waals surface area contributed by atoms with Gasteiger partial charge in [0.1, 0.15) is 17.2 Å². The van der Waals surface area contributed by atoms with Crippen molar-refractivity contribution in [2.24, 2.45) is 4.99 Å². The van der Waals surface area contributed by atoms with Gasteiger partial charge in [0.15, 0.2) is 0 Å². The fourth-order valence-electron chi connectivity index (χ4n) is 1.70. The number of benzene rings is 2. The van der Waals surface area contributed by atoms with Gasteiger partial charge in [-0.15, -0.1) is 0 Å². The van der Waals surface area contributed by atoms with E-state index in [0.29, 0.717) is 10.0 Å². The predicted molar refractivity (Wildman–Crippen MR) is 90.2 cm³/mol. The first-order valence-corrected chi connectivity index (χ1v) is 7.64. The Morgan fingerprint density at radius 2 is 1.95 bits per heavy atom. The molecule has 2 aromatic carbocycles. The number of carbonyl (C=O) groups is 1. The van der Waals surface area contributed by atoms with Crippen LogP contribution in [0, 0.1) is 0 Å². The van der Waals surface area contributed by atoms with Crippen molar-refractivity contribution in [2.75, 3.05) is 7.11 Å². The standard InChI is InChI=1S/C15H11Br2NO4/c1-22-15(21)8-2-3-13(19)12(5-8)18-7-9-4-10(16)6-11(17)14(9)20/h2-7,19-20H,1H3. The summed E-state index contributed by atoms with van der Waals surface area (Å²) in [7, 11) is 1.27. The summed E-state index contributed by atoms with van der Waals surface area (Å²) in [6.45, 7) is 0. The Bertz CT molecular complexity index is 759. The molecule has 0 amide bonds. The lowest BCUT2D eigenvalue weighted by Crippen LogP contribution is -2.00. The summed E-state index contributed by atoms with van der Waals surface area (Å²) in [4.78, 5) is 15.6. The smallest absolute Gasteiger partial charge is 0.337 e. The first-order valence-electron chi connectivity index (χ1n) is 6.05. The van der Waals surface area contributed by atoms with Gasteiger partial charge in [-0.25, -0.2) is 4.79 Å². The highest BCUT2D eigenvalue weighted by Crippen LogP contribution is 2.32. The van der Waals surface area contributed by atoms with Crippen LogP contribution in [0.25, 0.3) is 0 Å². The van der Waals surface area contributed by atoms with Gasteiger partial charge in [-0.2, -0.15) is 0 Å². The van der Waals surface area contributed by atoms with Gasteiger partial charge in [-0.05, 0) is 46.3 Å². The number of carbonyl (C=O) groups excluding carboxylic acids is 1. The number of nitrogens with zero attached hydrogens (tertiary/aromatic N) is 1. The van der Waals surface area contributed by atoms with Crippen LogP contribution in [0.4, 0.5) is 5.69 Å². The van der Waals surface area contributed by atoms with E-state index < -0.39 is 5.97 Å². The molecule has 0 aliphatic rings. The molecule has 5 nitrogen and oxygen atoms in total. The first-order chi connectivity index (χ1) is 10.4. The normalized spacial score (nSPS) is 10.9. The van der Waals surface area contributed by atoms with Gasteiger partial charge in [0, 0.05) is 16.3 Å². The maximum Gasteiger partial charge on any atom is 0.337 e. The summed E-state index contributed by atoms with van der Waals surface area (Å²) < 4.78 is 5.89. The molecule has 0 unspecified atom stereocenters. The van der Waals surface area contributed by atoms with Crippen LogP contribution in [0.2, 0.25) is 0 Å². The molecule has 0 radical (unpaired) electrons. The third kappa shape index (κ3) is 3.66. The monoisotopic (exact) mass is 427 g/mol. The van der Waals surface area contributed by atoms with Gasteiger partial charge in [0.05, 0.1) is 17.1 Å². The molecule has 0 aromatic heterocycles. The number of phenolic OH excluding ortho intramolecular Hbond substituents is 2. The fraction of sp³-hybridized carbons (Fsp3) is 0.0667. The largest absolute Gasteiger partial charge is 0.506 e. The van der Waals surface area contributed by atoms with Crippen LogP contribution < -0.4 is 0 Å². The molecule has 2 N–H and O–H groups in total. The maximum absolute atomic E-state index is 11.5. The Kier molecular flexibility index (Phi) is 5.20. The second kappa shape index (κ2) is 6.93. The van der Waals surface area contributed by atoms with Crippen LogP contribution in [0.1, 0.15) is 15.9 Å².